The van der Waals surface area contributed by atoms with E-state index in [2.05, 4.69) is 4.90 Å². The maximum atomic E-state index is 14.3. The van der Waals surface area contributed by atoms with Crippen LogP contribution in [0.1, 0.15) is 77.6 Å². The first-order valence-corrected chi connectivity index (χ1v) is 14.1. The Bertz CT molecular complexity index is 1410. The van der Waals surface area contributed by atoms with Crippen LogP contribution in [0.3, 0.4) is 0 Å². The van der Waals surface area contributed by atoms with Gasteiger partial charge in [-0.05, 0) is 73.7 Å². The number of hydrogen-bond donors (Lipinski definition) is 0. The Hall–Kier alpha value is -3.28. The first kappa shape index (κ1) is 28.5. The van der Waals surface area contributed by atoms with E-state index < -0.39 is 59.7 Å². The van der Waals surface area contributed by atoms with Crippen molar-refractivity contribution in [2.24, 2.45) is 0 Å². The highest BCUT2D eigenvalue weighted by Crippen LogP contribution is 2.39. The van der Waals surface area contributed by atoms with Crippen LogP contribution in [0.15, 0.2) is 36.4 Å². The van der Waals surface area contributed by atoms with Gasteiger partial charge in [-0.15, -0.1) is 0 Å². The molecule has 236 valence electrons. The summed E-state index contributed by atoms with van der Waals surface area (Å²) in [6.07, 6.45) is -4.23. The Morgan fingerprint density at radius 1 is 1.00 bits per heavy atom. The van der Waals surface area contributed by atoms with Gasteiger partial charge in [0.25, 0.3) is 5.92 Å². The number of benzene rings is 2. The number of amides is 3. The van der Waals surface area contributed by atoms with E-state index in [0.29, 0.717) is 74.1 Å². The molecule has 2 aromatic carbocycles. The maximum Gasteiger partial charge on any atom is 0.416 e. The van der Waals surface area contributed by atoms with E-state index in [1.807, 2.05) is 0 Å². The maximum absolute atomic E-state index is 14.3. The third-order valence-corrected chi connectivity index (χ3v) is 8.55. The summed E-state index contributed by atoms with van der Waals surface area (Å²) in [4.78, 5) is 31.8. The molecule has 0 N–H and O–H groups in total. The van der Waals surface area contributed by atoms with Crippen molar-refractivity contribution < 1.29 is 40.0 Å². The second-order valence-corrected chi connectivity index (χ2v) is 11.5. The van der Waals surface area contributed by atoms with Gasteiger partial charge in [-0.3, -0.25) is 9.69 Å². The number of halogens is 6. The SMILES string of the molecule is [2H]C([2H])([2H])N(C(=O)N1CC[C@H](N2CCN(C(C)=O)CC2)C[C@@H]1c1ccc(F)cc1C)[C@H](C)c1cc(C(C)(F)F)cc(C(F)(F)F)c1. The number of alkyl halides is 5. The van der Waals surface area contributed by atoms with Crippen LogP contribution in [-0.4, -0.2) is 77.3 Å². The van der Waals surface area contributed by atoms with Crippen LogP contribution in [0.4, 0.5) is 31.1 Å². The van der Waals surface area contributed by atoms with Crippen LogP contribution in [0, 0.1) is 12.7 Å². The molecule has 2 fully saturated rings. The van der Waals surface area contributed by atoms with Crippen LogP contribution in [-0.2, 0) is 16.9 Å². The van der Waals surface area contributed by atoms with E-state index in [1.54, 1.807) is 11.8 Å². The van der Waals surface area contributed by atoms with Crippen molar-refractivity contribution in [1.29, 1.82) is 0 Å². The topological polar surface area (TPSA) is 47.1 Å². The Morgan fingerprint density at radius 3 is 2.21 bits per heavy atom. The van der Waals surface area contributed by atoms with E-state index in [4.69, 9.17) is 4.11 Å². The number of carbonyl (C=O) groups excluding carboxylic acids is 2. The number of piperazine rings is 1. The third kappa shape index (κ3) is 7.27. The van der Waals surface area contributed by atoms with Gasteiger partial charge in [0.05, 0.1) is 17.6 Å². The molecule has 0 radical (unpaired) electrons. The van der Waals surface area contributed by atoms with Crippen molar-refractivity contribution in [1.82, 2.24) is 19.6 Å². The second-order valence-electron chi connectivity index (χ2n) is 11.5. The van der Waals surface area contributed by atoms with Crippen LogP contribution in [0.5, 0.6) is 0 Å². The first-order valence-electron chi connectivity index (χ1n) is 15.6. The summed E-state index contributed by atoms with van der Waals surface area (Å²) in [5.41, 5.74) is -1.68. The smallest absolute Gasteiger partial charge is 0.340 e. The lowest BCUT2D eigenvalue weighted by molar-refractivity contribution is -0.138. The molecule has 0 bridgehead atoms. The highest BCUT2D eigenvalue weighted by molar-refractivity contribution is 5.76. The quantitative estimate of drug-likeness (QED) is 0.350. The van der Waals surface area contributed by atoms with Gasteiger partial charge < -0.3 is 14.7 Å². The number of nitrogens with zero attached hydrogens (tertiary/aromatic N) is 4. The minimum Gasteiger partial charge on any atom is -0.340 e. The van der Waals surface area contributed by atoms with E-state index in [-0.39, 0.29) is 18.5 Å². The normalized spacial score (nSPS) is 22.4. The van der Waals surface area contributed by atoms with E-state index in [1.165, 1.54) is 36.9 Å². The average molecular weight is 616 g/mol. The van der Waals surface area contributed by atoms with Crippen molar-refractivity contribution in [3.63, 3.8) is 0 Å². The van der Waals surface area contributed by atoms with Gasteiger partial charge in [0.15, 0.2) is 0 Å². The molecule has 0 aromatic heterocycles. The van der Waals surface area contributed by atoms with E-state index >= 15 is 0 Å². The molecule has 2 heterocycles. The van der Waals surface area contributed by atoms with Gasteiger partial charge in [-0.1, -0.05) is 6.07 Å². The fraction of sp³-hybridized carbons (Fsp3) is 0.548. The van der Waals surface area contributed by atoms with Gasteiger partial charge >= 0.3 is 12.2 Å². The van der Waals surface area contributed by atoms with E-state index in [0.717, 1.165) is 6.07 Å². The van der Waals surface area contributed by atoms with Gasteiger partial charge in [0.1, 0.15) is 5.82 Å². The Labute approximate surface area is 252 Å². The zero-order valence-corrected chi connectivity index (χ0v) is 24.5. The number of urea groups is 1. The Morgan fingerprint density at radius 2 is 1.65 bits per heavy atom. The first-order chi connectivity index (χ1) is 21.2. The summed E-state index contributed by atoms with van der Waals surface area (Å²) in [6.45, 7) is 3.91. The molecular weight excluding hydrogens is 574 g/mol. The number of hydrogen-bond acceptors (Lipinski definition) is 3. The van der Waals surface area contributed by atoms with Crippen molar-refractivity contribution >= 4 is 11.9 Å². The molecule has 2 aliphatic heterocycles. The number of rotatable bonds is 5. The summed E-state index contributed by atoms with van der Waals surface area (Å²) >= 11 is 0. The molecule has 0 aliphatic carbocycles. The highest BCUT2D eigenvalue weighted by Gasteiger charge is 2.40. The van der Waals surface area contributed by atoms with Gasteiger partial charge in [-0.2, -0.15) is 13.2 Å². The molecule has 3 amide bonds. The monoisotopic (exact) mass is 615 g/mol. The van der Waals surface area contributed by atoms with Crippen molar-refractivity contribution in [2.45, 2.75) is 70.8 Å². The second kappa shape index (κ2) is 12.4. The Kier molecular flexibility index (Phi) is 8.20. The fourth-order valence-electron chi connectivity index (χ4n) is 5.98. The zero-order valence-electron chi connectivity index (χ0n) is 27.5. The summed E-state index contributed by atoms with van der Waals surface area (Å²) < 4.78 is 109. The van der Waals surface area contributed by atoms with Gasteiger partial charge in [0.2, 0.25) is 5.91 Å². The summed E-state index contributed by atoms with van der Waals surface area (Å²) in [6, 6.07) is 2.38. The average Bonchev–Trinajstić information content (AvgIpc) is 2.95. The minimum atomic E-state index is -5.01. The van der Waals surface area contributed by atoms with Crippen LogP contribution in [0.25, 0.3) is 0 Å². The molecule has 2 saturated heterocycles. The number of piperidine rings is 1. The molecule has 0 saturated carbocycles. The van der Waals surface area contributed by atoms with Gasteiger partial charge in [0, 0.05) is 69.3 Å². The molecular formula is C31H38F6N4O2. The van der Waals surface area contributed by atoms with Crippen LogP contribution >= 0.6 is 0 Å². The molecule has 0 spiro atoms. The molecule has 2 aliphatic rings. The standard InChI is InChI=1S/C31H38F6N4O2/c1-19-14-25(32)6-7-27(19)28-18-26(40-12-10-39(11-13-40)21(3)42)8-9-41(28)29(43)38(5)20(2)22-15-23(30(4,33)34)17-24(16-22)31(35,36)37/h6-7,14-17,20,26,28H,8-13,18H2,1-5H3/t20-,26+,28-/m1/s1/i5D3. The highest BCUT2D eigenvalue weighted by atomic mass is 19.4. The summed E-state index contributed by atoms with van der Waals surface area (Å²) in [5, 5.41) is 0. The van der Waals surface area contributed by atoms with Gasteiger partial charge in [-0.25, -0.2) is 18.0 Å². The minimum absolute atomic E-state index is 0.0331. The number of carbonyl (C=O) groups is 2. The molecule has 43 heavy (non-hydrogen) atoms. The molecule has 2 aromatic rings. The van der Waals surface area contributed by atoms with Crippen molar-refractivity contribution in [3.8, 4) is 0 Å². The van der Waals surface area contributed by atoms with Crippen LogP contribution in [0.2, 0.25) is 0 Å². The number of aryl methyl sites for hydroxylation is 1. The summed E-state index contributed by atoms with van der Waals surface area (Å²) in [5.74, 6) is -4.21. The van der Waals surface area contributed by atoms with Crippen LogP contribution < -0.4 is 0 Å². The molecule has 4 rings (SSSR count). The Balaban J connectivity index is 1.72. The molecule has 6 nitrogen and oxygen atoms in total. The van der Waals surface area contributed by atoms with Crippen molar-refractivity contribution in [2.75, 3.05) is 39.7 Å². The lowest BCUT2D eigenvalue weighted by Gasteiger charge is -2.47. The predicted octanol–water partition coefficient (Wildman–Crippen LogP) is 6.75. The third-order valence-electron chi connectivity index (χ3n) is 8.55. The molecule has 0 unspecified atom stereocenters. The molecule has 3 atom stereocenters. The molecule has 12 heteroatoms. The van der Waals surface area contributed by atoms with Crippen molar-refractivity contribution in [3.05, 3.63) is 70.0 Å². The lowest BCUT2D eigenvalue weighted by atomic mass is 9.88. The van der Waals surface area contributed by atoms with E-state index in [9.17, 15) is 35.9 Å². The predicted molar refractivity (Wildman–Crippen MR) is 150 cm³/mol. The zero-order chi connectivity index (χ0) is 34.4. The summed E-state index contributed by atoms with van der Waals surface area (Å²) in [7, 11) is 0. The largest absolute Gasteiger partial charge is 0.416 e. The lowest BCUT2D eigenvalue weighted by Crippen LogP contribution is -2.56. The number of likely N-dealkylation sites (tertiary alicyclic amines) is 1. The fourth-order valence-corrected chi connectivity index (χ4v) is 5.98.